The molecule has 0 spiro atoms. The van der Waals surface area contributed by atoms with Crippen LogP contribution in [0.2, 0.25) is 0 Å². The summed E-state index contributed by atoms with van der Waals surface area (Å²) in [5.41, 5.74) is 4.93. The van der Waals surface area contributed by atoms with E-state index in [-0.39, 0.29) is 0 Å². The smallest absolute Gasteiger partial charge is 0.182 e. The molecule has 3 aromatic heterocycles. The summed E-state index contributed by atoms with van der Waals surface area (Å²) < 4.78 is 5.51. The molecule has 4 nitrogen and oxygen atoms in total. The summed E-state index contributed by atoms with van der Waals surface area (Å²) in [7, 11) is 1.69. The molecule has 0 amide bonds. The van der Waals surface area contributed by atoms with Crippen LogP contribution in [0.5, 0.6) is 5.75 Å². The number of nitrogens with zero attached hydrogens (tertiary/aromatic N) is 2. The number of hydrogen-bond donors (Lipinski definition) is 1. The maximum atomic E-state index is 5.51. The van der Waals surface area contributed by atoms with Gasteiger partial charge >= 0.3 is 0 Å². The number of thiophene rings is 1. The van der Waals surface area contributed by atoms with Gasteiger partial charge in [-0.2, -0.15) is 16.4 Å². The second kappa shape index (κ2) is 5.27. The number of pyridine rings is 1. The van der Waals surface area contributed by atoms with Crippen LogP contribution in [0.1, 0.15) is 0 Å². The fourth-order valence-electron chi connectivity index (χ4n) is 2.65. The molecule has 0 unspecified atom stereocenters. The summed E-state index contributed by atoms with van der Waals surface area (Å²) in [6, 6.07) is 12.1. The fourth-order valence-corrected chi connectivity index (χ4v) is 3.30. The van der Waals surface area contributed by atoms with Gasteiger partial charge in [0.05, 0.1) is 18.2 Å². The van der Waals surface area contributed by atoms with Gasteiger partial charge in [0.2, 0.25) is 0 Å². The van der Waals surface area contributed by atoms with Crippen molar-refractivity contribution in [3.05, 3.63) is 53.4 Å². The lowest BCUT2D eigenvalue weighted by atomic mass is 10.00. The predicted octanol–water partition coefficient (Wildman–Crippen LogP) is 4.36. The second-order valence-corrected chi connectivity index (χ2v) is 5.65. The highest BCUT2D eigenvalue weighted by Gasteiger charge is 2.16. The molecule has 0 fully saturated rings. The van der Waals surface area contributed by atoms with Gasteiger partial charge in [-0.25, -0.2) is 4.98 Å². The molecule has 22 heavy (non-hydrogen) atoms. The van der Waals surface area contributed by atoms with E-state index in [9.17, 15) is 0 Å². The molecule has 3 heterocycles. The normalized spacial score (nSPS) is 11.0. The van der Waals surface area contributed by atoms with Crippen LogP contribution in [0.15, 0.2) is 53.4 Å². The number of nitrogens with one attached hydrogen (secondary N) is 1. The highest BCUT2D eigenvalue weighted by molar-refractivity contribution is 7.08. The maximum absolute atomic E-state index is 5.51. The van der Waals surface area contributed by atoms with E-state index in [1.165, 1.54) is 0 Å². The zero-order valence-electron chi connectivity index (χ0n) is 11.9. The Balaban J connectivity index is 2.04. The Kier molecular flexibility index (Phi) is 3.12. The predicted molar refractivity (Wildman–Crippen MR) is 89.2 cm³/mol. The lowest BCUT2D eigenvalue weighted by Gasteiger charge is -2.09. The van der Waals surface area contributed by atoms with Crippen LogP contribution >= 0.6 is 11.3 Å². The van der Waals surface area contributed by atoms with Crippen molar-refractivity contribution in [3.8, 4) is 28.1 Å². The van der Waals surface area contributed by atoms with E-state index in [0.29, 0.717) is 5.65 Å². The molecule has 0 radical (unpaired) electrons. The molecule has 5 heteroatoms. The van der Waals surface area contributed by atoms with Gasteiger partial charge in [0.25, 0.3) is 0 Å². The zero-order chi connectivity index (χ0) is 14.9. The highest BCUT2D eigenvalue weighted by Crippen LogP contribution is 2.38. The van der Waals surface area contributed by atoms with E-state index < -0.39 is 0 Å². The van der Waals surface area contributed by atoms with Crippen LogP contribution in [0.4, 0.5) is 0 Å². The molecule has 1 aromatic carbocycles. The monoisotopic (exact) mass is 307 g/mol. The van der Waals surface area contributed by atoms with E-state index in [0.717, 1.165) is 33.5 Å². The van der Waals surface area contributed by atoms with Crippen LogP contribution in [0.3, 0.4) is 0 Å². The van der Waals surface area contributed by atoms with Gasteiger partial charge in [0.15, 0.2) is 5.65 Å². The molecule has 4 aromatic rings. The van der Waals surface area contributed by atoms with E-state index in [4.69, 9.17) is 4.74 Å². The number of rotatable bonds is 3. The molecule has 0 aliphatic rings. The average Bonchev–Trinajstić information content (AvgIpc) is 3.23. The summed E-state index contributed by atoms with van der Waals surface area (Å²) in [6.07, 6.45) is 1.78. The summed E-state index contributed by atoms with van der Waals surface area (Å²) in [5, 5.41) is 12.6. The van der Waals surface area contributed by atoms with Crippen LogP contribution < -0.4 is 4.74 Å². The lowest BCUT2D eigenvalue weighted by Crippen LogP contribution is -1.89. The number of aromatic nitrogens is 3. The van der Waals surface area contributed by atoms with Crippen molar-refractivity contribution in [1.29, 1.82) is 0 Å². The van der Waals surface area contributed by atoms with Gasteiger partial charge in [-0.3, -0.25) is 5.10 Å². The SMILES string of the molecule is COc1ccccc1-c1ccnc2n[nH]c(-c3ccsc3)c12. The van der Waals surface area contributed by atoms with E-state index in [2.05, 4.69) is 38.1 Å². The van der Waals surface area contributed by atoms with E-state index in [1.807, 2.05) is 24.3 Å². The van der Waals surface area contributed by atoms with Gasteiger partial charge in [-0.1, -0.05) is 18.2 Å². The molecular formula is C17H13N3OS. The Hall–Kier alpha value is -2.66. The number of H-pyrrole nitrogens is 1. The van der Waals surface area contributed by atoms with Gasteiger partial charge in [0.1, 0.15) is 5.75 Å². The van der Waals surface area contributed by atoms with Crippen molar-refractivity contribution in [3.63, 3.8) is 0 Å². The molecule has 0 saturated carbocycles. The summed E-state index contributed by atoms with van der Waals surface area (Å²) in [4.78, 5) is 4.37. The van der Waals surface area contributed by atoms with Crippen molar-refractivity contribution in [1.82, 2.24) is 15.2 Å². The third kappa shape index (κ3) is 1.98. The average molecular weight is 307 g/mol. The first-order valence-electron chi connectivity index (χ1n) is 6.87. The molecule has 108 valence electrons. The molecular weight excluding hydrogens is 294 g/mol. The maximum Gasteiger partial charge on any atom is 0.182 e. The number of aromatic amines is 1. The Labute approximate surface area is 131 Å². The lowest BCUT2D eigenvalue weighted by molar-refractivity contribution is 0.416. The number of ether oxygens (including phenoxy) is 1. The molecule has 0 aliphatic carbocycles. The highest BCUT2D eigenvalue weighted by atomic mass is 32.1. The Morgan fingerprint density at radius 2 is 2.00 bits per heavy atom. The van der Waals surface area contributed by atoms with Crippen LogP contribution in [-0.4, -0.2) is 22.3 Å². The van der Waals surface area contributed by atoms with E-state index in [1.54, 1.807) is 24.6 Å². The first-order valence-corrected chi connectivity index (χ1v) is 7.82. The van der Waals surface area contributed by atoms with E-state index >= 15 is 0 Å². The topological polar surface area (TPSA) is 50.8 Å². The number of benzene rings is 1. The Morgan fingerprint density at radius 1 is 1.09 bits per heavy atom. The minimum absolute atomic E-state index is 0.713. The van der Waals surface area contributed by atoms with Crippen molar-refractivity contribution in [2.24, 2.45) is 0 Å². The third-order valence-electron chi connectivity index (χ3n) is 3.66. The molecule has 0 saturated heterocycles. The van der Waals surface area contributed by atoms with Crippen LogP contribution in [-0.2, 0) is 0 Å². The van der Waals surface area contributed by atoms with Crippen molar-refractivity contribution >= 4 is 22.4 Å². The molecule has 0 bridgehead atoms. The van der Waals surface area contributed by atoms with Crippen molar-refractivity contribution < 1.29 is 4.74 Å². The van der Waals surface area contributed by atoms with Gasteiger partial charge in [0, 0.05) is 28.3 Å². The molecule has 4 rings (SSSR count). The molecule has 0 aliphatic heterocycles. The van der Waals surface area contributed by atoms with Crippen LogP contribution in [0.25, 0.3) is 33.4 Å². The quantitative estimate of drug-likeness (QED) is 0.611. The fraction of sp³-hybridized carbons (Fsp3) is 0.0588. The Morgan fingerprint density at radius 3 is 2.82 bits per heavy atom. The number of methoxy groups -OCH3 is 1. The molecule has 1 N–H and O–H groups in total. The summed E-state index contributed by atoms with van der Waals surface area (Å²) in [5.74, 6) is 0.840. The Bertz CT molecular complexity index is 928. The standard InChI is InChI=1S/C17H13N3OS/c1-21-14-5-3-2-4-12(14)13-6-8-18-17-15(13)16(19-20-17)11-7-9-22-10-11/h2-10H,1H3,(H,18,19,20). The molecule has 0 atom stereocenters. The van der Waals surface area contributed by atoms with Crippen LogP contribution in [0, 0.1) is 0 Å². The first kappa shape index (κ1) is 13.0. The second-order valence-electron chi connectivity index (χ2n) is 4.87. The minimum atomic E-state index is 0.713. The van der Waals surface area contributed by atoms with Gasteiger partial charge < -0.3 is 4.74 Å². The van der Waals surface area contributed by atoms with Crippen molar-refractivity contribution in [2.75, 3.05) is 7.11 Å². The van der Waals surface area contributed by atoms with Crippen molar-refractivity contribution in [2.45, 2.75) is 0 Å². The number of para-hydroxylation sites is 1. The third-order valence-corrected chi connectivity index (χ3v) is 4.34. The number of hydrogen-bond acceptors (Lipinski definition) is 4. The van der Waals surface area contributed by atoms with Gasteiger partial charge in [-0.05, 0) is 23.6 Å². The number of fused-ring (bicyclic) bond motifs is 1. The zero-order valence-corrected chi connectivity index (χ0v) is 12.7. The van der Waals surface area contributed by atoms with Gasteiger partial charge in [-0.15, -0.1) is 0 Å². The first-order chi connectivity index (χ1) is 10.9. The largest absolute Gasteiger partial charge is 0.496 e. The summed E-state index contributed by atoms with van der Waals surface area (Å²) in [6.45, 7) is 0. The minimum Gasteiger partial charge on any atom is -0.496 e. The summed E-state index contributed by atoms with van der Waals surface area (Å²) >= 11 is 1.66.